The van der Waals surface area contributed by atoms with E-state index in [1.165, 1.54) is 28.7 Å². The fourth-order valence-electron chi connectivity index (χ4n) is 2.78. The number of carbonyl (C=O) groups excluding carboxylic acids is 1. The normalized spacial score (nSPS) is 12.3. The highest BCUT2D eigenvalue weighted by molar-refractivity contribution is 7.20. The number of ether oxygens (including phenoxy) is 1. The van der Waals surface area contributed by atoms with E-state index in [9.17, 15) is 9.18 Å². The molecule has 4 aromatic rings. The number of rotatable bonds is 5. The van der Waals surface area contributed by atoms with Crippen LogP contribution in [-0.2, 0) is 11.3 Å². The van der Waals surface area contributed by atoms with Gasteiger partial charge in [-0.2, -0.15) is 4.99 Å². The summed E-state index contributed by atoms with van der Waals surface area (Å²) in [6.45, 7) is 3.31. The predicted molar refractivity (Wildman–Crippen MR) is 106 cm³/mol. The molecule has 5 nitrogen and oxygen atoms in total. The predicted octanol–water partition coefficient (Wildman–Crippen LogP) is 4.23. The molecule has 4 rings (SSSR count). The Bertz CT molecular complexity index is 1160. The third kappa shape index (κ3) is 3.55. The molecule has 0 bridgehead atoms. The largest absolute Gasteiger partial charge is 0.380 e. The fourth-order valence-corrected chi connectivity index (χ4v) is 4.70. The van der Waals surface area contributed by atoms with Crippen molar-refractivity contribution in [2.45, 2.75) is 13.5 Å². The quantitative estimate of drug-likeness (QED) is 0.470. The molecule has 1 amide bonds. The van der Waals surface area contributed by atoms with Crippen LogP contribution in [0.1, 0.15) is 16.7 Å². The molecule has 0 unspecified atom stereocenters. The SMILES string of the molecule is CCOCCn1c(=NC(=O)c2nc3ccccc3s2)sc2cccc(F)c21. The smallest absolute Gasteiger partial charge is 0.308 e. The van der Waals surface area contributed by atoms with E-state index in [1.54, 1.807) is 10.6 Å². The number of hydrogen-bond acceptors (Lipinski definition) is 5. The van der Waals surface area contributed by atoms with Gasteiger partial charge >= 0.3 is 5.91 Å². The Morgan fingerprint density at radius 3 is 2.81 bits per heavy atom. The zero-order valence-corrected chi connectivity index (χ0v) is 16.1. The van der Waals surface area contributed by atoms with Crippen LogP contribution in [-0.4, -0.2) is 28.7 Å². The van der Waals surface area contributed by atoms with Crippen molar-refractivity contribution in [2.75, 3.05) is 13.2 Å². The molecule has 2 aromatic carbocycles. The van der Waals surface area contributed by atoms with Gasteiger partial charge in [0.05, 0.1) is 27.0 Å². The van der Waals surface area contributed by atoms with Crippen LogP contribution in [0, 0.1) is 5.82 Å². The summed E-state index contributed by atoms with van der Waals surface area (Å²) in [6, 6.07) is 12.4. The second kappa shape index (κ2) is 7.67. The van der Waals surface area contributed by atoms with E-state index in [4.69, 9.17) is 4.74 Å². The molecule has 0 aliphatic rings. The van der Waals surface area contributed by atoms with Gasteiger partial charge in [-0.3, -0.25) is 4.79 Å². The van der Waals surface area contributed by atoms with E-state index in [-0.39, 0.29) is 5.82 Å². The van der Waals surface area contributed by atoms with Crippen molar-refractivity contribution >= 4 is 49.0 Å². The molecule has 138 valence electrons. The number of thiazole rings is 2. The summed E-state index contributed by atoms with van der Waals surface area (Å²) in [4.78, 5) is 21.7. The Kier molecular flexibility index (Phi) is 5.11. The van der Waals surface area contributed by atoms with Crippen molar-refractivity contribution in [3.05, 3.63) is 58.1 Å². The summed E-state index contributed by atoms with van der Waals surface area (Å²) in [6.07, 6.45) is 0. The number of benzene rings is 2. The Morgan fingerprint density at radius 1 is 1.19 bits per heavy atom. The van der Waals surface area contributed by atoms with Crippen molar-refractivity contribution in [3.63, 3.8) is 0 Å². The first kappa shape index (κ1) is 18.0. The standard InChI is InChI=1S/C19H16FN3O2S2/c1-2-25-11-10-23-16-12(20)6-5-9-15(16)27-19(23)22-17(24)18-21-13-7-3-4-8-14(13)26-18/h3-9H,2,10-11H2,1H3. The minimum Gasteiger partial charge on any atom is -0.380 e. The molecule has 0 radical (unpaired) electrons. The first-order chi connectivity index (χ1) is 13.2. The maximum atomic E-state index is 14.4. The van der Waals surface area contributed by atoms with Gasteiger partial charge in [0.25, 0.3) is 0 Å². The lowest BCUT2D eigenvalue weighted by atomic mass is 10.3. The van der Waals surface area contributed by atoms with Gasteiger partial charge in [-0.15, -0.1) is 11.3 Å². The van der Waals surface area contributed by atoms with Crippen LogP contribution in [0.5, 0.6) is 0 Å². The van der Waals surface area contributed by atoms with Gasteiger partial charge in [-0.1, -0.05) is 29.5 Å². The van der Waals surface area contributed by atoms with Crippen molar-refractivity contribution in [2.24, 2.45) is 4.99 Å². The van der Waals surface area contributed by atoms with Gasteiger partial charge < -0.3 is 9.30 Å². The van der Waals surface area contributed by atoms with E-state index in [0.29, 0.717) is 35.1 Å². The van der Waals surface area contributed by atoms with Crippen LogP contribution < -0.4 is 4.80 Å². The van der Waals surface area contributed by atoms with Crippen molar-refractivity contribution in [3.8, 4) is 0 Å². The summed E-state index contributed by atoms with van der Waals surface area (Å²) in [5, 5.41) is 0.325. The van der Waals surface area contributed by atoms with Crippen LogP contribution >= 0.6 is 22.7 Å². The minimum atomic E-state index is -0.423. The molecule has 8 heteroatoms. The van der Waals surface area contributed by atoms with Crippen LogP contribution in [0.3, 0.4) is 0 Å². The van der Waals surface area contributed by atoms with Crippen LogP contribution in [0.2, 0.25) is 0 Å². The third-order valence-electron chi connectivity index (χ3n) is 3.99. The molecule has 0 saturated heterocycles. The van der Waals surface area contributed by atoms with E-state index >= 15 is 0 Å². The minimum absolute atomic E-state index is 0.325. The number of hydrogen-bond donors (Lipinski definition) is 0. The second-order valence-corrected chi connectivity index (χ2v) is 7.76. The summed E-state index contributed by atoms with van der Waals surface area (Å²) in [5.41, 5.74) is 1.21. The molecule has 0 atom stereocenters. The van der Waals surface area contributed by atoms with Gasteiger partial charge in [-0.05, 0) is 31.2 Å². The lowest BCUT2D eigenvalue weighted by molar-refractivity contribution is 0.0996. The van der Waals surface area contributed by atoms with E-state index < -0.39 is 5.91 Å². The molecule has 0 saturated carbocycles. The molecular formula is C19H16FN3O2S2. The lowest BCUT2D eigenvalue weighted by Gasteiger charge is -2.05. The Labute approximate surface area is 162 Å². The van der Waals surface area contributed by atoms with Gasteiger partial charge in [0.15, 0.2) is 9.81 Å². The van der Waals surface area contributed by atoms with Gasteiger partial charge in [0.1, 0.15) is 5.82 Å². The number of fused-ring (bicyclic) bond motifs is 2. The summed E-state index contributed by atoms with van der Waals surface area (Å²) >= 11 is 2.59. The molecular weight excluding hydrogens is 385 g/mol. The van der Waals surface area contributed by atoms with E-state index in [1.807, 2.05) is 37.3 Å². The summed E-state index contributed by atoms with van der Waals surface area (Å²) in [7, 11) is 0. The molecule has 2 heterocycles. The number of amides is 1. The van der Waals surface area contributed by atoms with E-state index in [0.717, 1.165) is 14.9 Å². The zero-order valence-electron chi connectivity index (χ0n) is 14.5. The summed E-state index contributed by atoms with van der Waals surface area (Å²) in [5.74, 6) is -0.762. The number of nitrogens with zero attached hydrogens (tertiary/aromatic N) is 3. The van der Waals surface area contributed by atoms with Crippen LogP contribution in [0.4, 0.5) is 4.39 Å². The highest BCUT2D eigenvalue weighted by Crippen LogP contribution is 2.23. The van der Waals surface area contributed by atoms with Crippen molar-refractivity contribution in [1.82, 2.24) is 9.55 Å². The van der Waals surface area contributed by atoms with Gasteiger partial charge in [0.2, 0.25) is 0 Å². The molecule has 0 spiro atoms. The highest BCUT2D eigenvalue weighted by atomic mass is 32.1. The van der Waals surface area contributed by atoms with Crippen LogP contribution in [0.15, 0.2) is 47.5 Å². The lowest BCUT2D eigenvalue weighted by Crippen LogP contribution is -2.20. The number of halogens is 1. The molecule has 27 heavy (non-hydrogen) atoms. The third-order valence-corrected chi connectivity index (χ3v) is 6.06. The van der Waals surface area contributed by atoms with Crippen LogP contribution in [0.25, 0.3) is 20.4 Å². The molecule has 0 aliphatic carbocycles. The first-order valence-electron chi connectivity index (χ1n) is 8.47. The Morgan fingerprint density at radius 2 is 2.00 bits per heavy atom. The fraction of sp³-hybridized carbons (Fsp3) is 0.211. The number of carbonyl (C=O) groups is 1. The van der Waals surface area contributed by atoms with Crippen molar-refractivity contribution < 1.29 is 13.9 Å². The van der Waals surface area contributed by atoms with Gasteiger partial charge in [-0.25, -0.2) is 9.37 Å². The number of para-hydroxylation sites is 2. The van der Waals surface area contributed by atoms with Crippen molar-refractivity contribution in [1.29, 1.82) is 0 Å². The topological polar surface area (TPSA) is 56.5 Å². The average molecular weight is 401 g/mol. The molecule has 2 aromatic heterocycles. The first-order valence-corrected chi connectivity index (χ1v) is 10.1. The molecule has 0 N–H and O–H groups in total. The molecule has 0 fully saturated rings. The average Bonchev–Trinajstić information content (AvgIpc) is 3.24. The number of aromatic nitrogens is 2. The zero-order chi connectivity index (χ0) is 18.8. The van der Waals surface area contributed by atoms with E-state index in [2.05, 4.69) is 9.98 Å². The van der Waals surface area contributed by atoms with Gasteiger partial charge in [0, 0.05) is 13.2 Å². The maximum Gasteiger partial charge on any atom is 0.308 e. The monoisotopic (exact) mass is 401 g/mol. The Hall–Kier alpha value is -2.42. The highest BCUT2D eigenvalue weighted by Gasteiger charge is 2.15. The Balaban J connectivity index is 1.80. The second-order valence-electron chi connectivity index (χ2n) is 5.72. The molecule has 0 aliphatic heterocycles. The summed E-state index contributed by atoms with van der Waals surface area (Å²) < 4.78 is 23.2. The maximum absolute atomic E-state index is 14.4.